The van der Waals surface area contributed by atoms with Crippen molar-refractivity contribution in [2.24, 2.45) is 5.92 Å². The minimum atomic E-state index is -0.0389. The molecule has 1 aliphatic heterocycles. The molecule has 8 heteroatoms. The minimum Gasteiger partial charge on any atom is -0.594 e. The third-order valence-electron chi connectivity index (χ3n) is 3.53. The summed E-state index contributed by atoms with van der Waals surface area (Å²) < 4.78 is 5.79. The molecular weight excluding hydrogens is 294 g/mol. The van der Waals surface area contributed by atoms with Crippen LogP contribution in [-0.2, 0) is 0 Å². The number of nitrogen functional groups attached to an aromatic ring is 1. The van der Waals surface area contributed by atoms with Gasteiger partial charge in [0.25, 0.3) is 11.5 Å². The summed E-state index contributed by atoms with van der Waals surface area (Å²) in [7, 11) is 0. The van der Waals surface area contributed by atoms with Crippen molar-refractivity contribution < 1.29 is 9.58 Å². The molecular formula is C13H18ClN5O2. The van der Waals surface area contributed by atoms with Crippen molar-refractivity contribution in [2.75, 3.05) is 25.4 Å². The second-order valence-corrected chi connectivity index (χ2v) is 5.00. The van der Waals surface area contributed by atoms with Crippen molar-refractivity contribution in [1.82, 2.24) is 15.4 Å². The van der Waals surface area contributed by atoms with E-state index in [4.69, 9.17) is 10.5 Å². The summed E-state index contributed by atoms with van der Waals surface area (Å²) in [4.78, 5) is 4.53. The molecule has 0 saturated carbocycles. The van der Waals surface area contributed by atoms with Crippen LogP contribution in [0.2, 0.25) is 0 Å². The quantitative estimate of drug-likeness (QED) is 0.637. The van der Waals surface area contributed by atoms with E-state index < -0.39 is 0 Å². The Balaban J connectivity index is 0.00000161. The van der Waals surface area contributed by atoms with Crippen LogP contribution in [0.1, 0.15) is 12.8 Å². The van der Waals surface area contributed by atoms with Gasteiger partial charge in [0, 0.05) is 12.1 Å². The minimum absolute atomic E-state index is 0. The van der Waals surface area contributed by atoms with E-state index in [1.165, 1.54) is 0 Å². The van der Waals surface area contributed by atoms with Crippen LogP contribution in [-0.4, -0.2) is 29.8 Å². The summed E-state index contributed by atoms with van der Waals surface area (Å²) in [5, 5.41) is 18.4. The first-order chi connectivity index (χ1) is 9.72. The molecule has 1 fully saturated rings. The van der Waals surface area contributed by atoms with Crippen LogP contribution in [0.3, 0.4) is 0 Å². The number of nitrogens with zero attached hydrogens (tertiary/aromatic N) is 3. The number of halogens is 1. The van der Waals surface area contributed by atoms with Crippen LogP contribution in [0.25, 0.3) is 11.0 Å². The lowest BCUT2D eigenvalue weighted by molar-refractivity contribution is -0.641. The molecule has 7 nitrogen and oxygen atoms in total. The molecule has 0 aliphatic carbocycles. The van der Waals surface area contributed by atoms with Gasteiger partial charge in [0.15, 0.2) is 0 Å². The molecule has 3 rings (SSSR count). The van der Waals surface area contributed by atoms with Gasteiger partial charge in [-0.1, -0.05) is 0 Å². The molecule has 2 heterocycles. The topological polar surface area (TPSA) is 100 Å². The number of nitrogens with one attached hydrogen (secondary N) is 1. The third kappa shape index (κ3) is 3.62. The molecule has 0 spiro atoms. The average Bonchev–Trinajstić information content (AvgIpc) is 2.45. The highest BCUT2D eigenvalue weighted by atomic mass is 35.5. The molecule has 2 aromatic rings. The Morgan fingerprint density at radius 1 is 1.38 bits per heavy atom. The Labute approximate surface area is 128 Å². The number of fused-ring (bicyclic) bond motifs is 1. The zero-order valence-electron chi connectivity index (χ0n) is 11.5. The molecule has 1 aromatic heterocycles. The normalized spacial score (nSPS) is 15.6. The van der Waals surface area contributed by atoms with Gasteiger partial charge in [0.1, 0.15) is 11.3 Å². The first-order valence-corrected chi connectivity index (χ1v) is 6.73. The van der Waals surface area contributed by atoms with E-state index in [-0.39, 0.29) is 18.4 Å². The molecule has 1 aliphatic rings. The molecule has 0 atom stereocenters. The van der Waals surface area contributed by atoms with Crippen molar-refractivity contribution in [1.29, 1.82) is 0 Å². The predicted octanol–water partition coefficient (Wildman–Crippen LogP) is 0.646. The second-order valence-electron chi connectivity index (χ2n) is 5.00. The van der Waals surface area contributed by atoms with Gasteiger partial charge in [-0.3, -0.25) is 0 Å². The van der Waals surface area contributed by atoms with Gasteiger partial charge in [0.2, 0.25) is 0 Å². The van der Waals surface area contributed by atoms with E-state index in [0.29, 0.717) is 34.2 Å². The van der Waals surface area contributed by atoms with E-state index >= 15 is 0 Å². The fourth-order valence-corrected chi connectivity index (χ4v) is 2.40. The molecule has 114 valence electrons. The highest BCUT2D eigenvalue weighted by molar-refractivity contribution is 5.85. The fraction of sp³-hybridized carbons (Fsp3) is 0.462. The third-order valence-corrected chi connectivity index (χ3v) is 3.53. The van der Waals surface area contributed by atoms with Crippen molar-refractivity contribution >= 4 is 29.4 Å². The maximum atomic E-state index is 11.6. The van der Waals surface area contributed by atoms with Gasteiger partial charge in [0.05, 0.1) is 11.7 Å². The van der Waals surface area contributed by atoms with Crippen molar-refractivity contribution in [3.63, 3.8) is 0 Å². The summed E-state index contributed by atoms with van der Waals surface area (Å²) in [6.07, 6.45) is 2.26. The molecule has 0 bridgehead atoms. The van der Waals surface area contributed by atoms with Gasteiger partial charge >= 0.3 is 0 Å². The Kier molecular flexibility index (Phi) is 4.98. The Morgan fingerprint density at radius 2 is 2.14 bits per heavy atom. The van der Waals surface area contributed by atoms with E-state index in [1.54, 1.807) is 18.2 Å². The number of hydrogen-bond donors (Lipinski definition) is 2. The Morgan fingerprint density at radius 3 is 2.90 bits per heavy atom. The standard InChI is InChI=1S/C13H17N5O2.ClH/c14-13-16-11-7-10(1-2-12(11)18(19)17-13)20-8-9-3-5-15-6-4-9;/h1-2,7,9,15H,3-6,8H2,(H2,14,16,17);1H. The van der Waals surface area contributed by atoms with Crippen LogP contribution in [0.5, 0.6) is 5.75 Å². The maximum Gasteiger partial charge on any atom is 0.288 e. The number of hydrogen-bond acceptors (Lipinski definition) is 6. The first kappa shape index (κ1) is 15.5. The number of rotatable bonds is 3. The van der Waals surface area contributed by atoms with E-state index in [0.717, 1.165) is 25.9 Å². The monoisotopic (exact) mass is 311 g/mol. The van der Waals surface area contributed by atoms with Crippen LogP contribution >= 0.6 is 12.4 Å². The molecule has 1 aromatic carbocycles. The highest BCUT2D eigenvalue weighted by Crippen LogP contribution is 2.19. The van der Waals surface area contributed by atoms with Crippen LogP contribution in [0, 0.1) is 11.1 Å². The molecule has 21 heavy (non-hydrogen) atoms. The maximum absolute atomic E-state index is 11.6. The van der Waals surface area contributed by atoms with Crippen molar-refractivity contribution in [2.45, 2.75) is 12.8 Å². The largest absolute Gasteiger partial charge is 0.594 e. The number of anilines is 1. The smallest absolute Gasteiger partial charge is 0.288 e. The number of aromatic nitrogens is 3. The van der Waals surface area contributed by atoms with Gasteiger partial charge in [-0.2, -0.15) is 0 Å². The number of nitrogens with two attached hydrogens (primary N) is 1. The highest BCUT2D eigenvalue weighted by Gasteiger charge is 2.14. The average molecular weight is 312 g/mol. The van der Waals surface area contributed by atoms with Crippen molar-refractivity contribution in [3.8, 4) is 5.75 Å². The lowest BCUT2D eigenvalue weighted by atomic mass is 9.99. The van der Waals surface area contributed by atoms with E-state index in [9.17, 15) is 5.21 Å². The number of piperidine rings is 1. The van der Waals surface area contributed by atoms with Crippen LogP contribution in [0.4, 0.5) is 5.95 Å². The molecule has 0 amide bonds. The van der Waals surface area contributed by atoms with Crippen LogP contribution < -0.4 is 20.6 Å². The second kappa shape index (κ2) is 6.73. The Hall–Kier alpha value is -1.86. The van der Waals surface area contributed by atoms with Gasteiger partial charge in [-0.05, 0) is 42.8 Å². The summed E-state index contributed by atoms with van der Waals surface area (Å²) in [5.74, 6) is 1.24. The summed E-state index contributed by atoms with van der Waals surface area (Å²) in [5.41, 5.74) is 6.35. The zero-order valence-corrected chi connectivity index (χ0v) is 12.3. The molecule has 0 radical (unpaired) electrons. The summed E-state index contributed by atoms with van der Waals surface area (Å²) in [6.45, 7) is 2.78. The Bertz CT molecular complexity index is 619. The first-order valence-electron chi connectivity index (χ1n) is 6.73. The van der Waals surface area contributed by atoms with Gasteiger partial charge < -0.3 is 21.0 Å². The van der Waals surface area contributed by atoms with Crippen molar-refractivity contribution in [3.05, 3.63) is 23.4 Å². The predicted molar refractivity (Wildman–Crippen MR) is 81.2 cm³/mol. The van der Waals surface area contributed by atoms with Gasteiger partial charge in [-0.25, -0.2) is 4.98 Å². The van der Waals surface area contributed by atoms with Gasteiger partial charge in [-0.15, -0.1) is 12.4 Å². The lowest BCUT2D eigenvalue weighted by Gasteiger charge is -2.22. The summed E-state index contributed by atoms with van der Waals surface area (Å²) >= 11 is 0. The molecule has 3 N–H and O–H groups in total. The molecule has 1 saturated heterocycles. The van der Waals surface area contributed by atoms with Crippen LogP contribution in [0.15, 0.2) is 18.2 Å². The molecule has 0 unspecified atom stereocenters. The summed E-state index contributed by atoms with van der Waals surface area (Å²) in [6, 6.07) is 5.14. The SMILES string of the molecule is Cl.Nc1nc2cc(OCC3CCNCC3)ccc2[n+]([O-])n1. The number of ether oxygens (including phenoxy) is 1. The fourth-order valence-electron chi connectivity index (χ4n) is 2.40. The van der Waals surface area contributed by atoms with E-state index in [1.807, 2.05) is 0 Å². The number of benzene rings is 1. The lowest BCUT2D eigenvalue weighted by Crippen LogP contribution is -2.33. The zero-order chi connectivity index (χ0) is 13.9. The van der Waals surface area contributed by atoms with E-state index in [2.05, 4.69) is 15.4 Å².